The fraction of sp³-hybridized carbons (Fsp3) is 0.600. The maximum absolute atomic E-state index is 12.3. The summed E-state index contributed by atoms with van der Waals surface area (Å²) < 4.78 is 7.42. The zero-order valence-electron chi connectivity index (χ0n) is 17.4. The van der Waals surface area contributed by atoms with E-state index in [1.165, 1.54) is 10.4 Å². The fourth-order valence-corrected chi connectivity index (χ4v) is 5.27. The number of amides is 1. The van der Waals surface area contributed by atoms with E-state index in [2.05, 4.69) is 39.0 Å². The standard InChI is InChI=1S/C20H27N7O2S/c1-13-14(2)30-19-17(13)18-22-12-23-27(18)20(24-19)26-7-5-25(6-8-26)11-16(28)21-10-15-4-3-9-29-15/h12,15H,3-11H2,1-2H3,(H,21,28)/t15-/m0/s1. The van der Waals surface area contributed by atoms with Gasteiger partial charge in [0, 0.05) is 44.2 Å². The summed E-state index contributed by atoms with van der Waals surface area (Å²) in [5.41, 5.74) is 2.10. The molecule has 3 aromatic heterocycles. The summed E-state index contributed by atoms with van der Waals surface area (Å²) in [5.74, 6) is 0.903. The number of piperazine rings is 1. The van der Waals surface area contributed by atoms with Crippen LogP contribution in [-0.2, 0) is 9.53 Å². The van der Waals surface area contributed by atoms with Gasteiger partial charge in [-0.2, -0.15) is 9.61 Å². The van der Waals surface area contributed by atoms with Crippen LogP contribution in [0.25, 0.3) is 15.9 Å². The topological polar surface area (TPSA) is 87.9 Å². The molecule has 1 N–H and O–H groups in total. The van der Waals surface area contributed by atoms with E-state index in [9.17, 15) is 4.79 Å². The number of ether oxygens (including phenoxy) is 1. The first-order valence-electron chi connectivity index (χ1n) is 10.5. The predicted octanol–water partition coefficient (Wildman–Crippen LogP) is 1.37. The zero-order chi connectivity index (χ0) is 20.7. The highest BCUT2D eigenvalue weighted by molar-refractivity contribution is 7.18. The lowest BCUT2D eigenvalue weighted by molar-refractivity contribution is -0.122. The highest BCUT2D eigenvalue weighted by Gasteiger charge is 2.25. The van der Waals surface area contributed by atoms with Crippen molar-refractivity contribution in [2.75, 3.05) is 50.8 Å². The largest absolute Gasteiger partial charge is 0.376 e. The number of hydrogen-bond acceptors (Lipinski definition) is 8. The Bertz CT molecular complexity index is 1060. The van der Waals surface area contributed by atoms with Gasteiger partial charge in [-0.1, -0.05) is 0 Å². The Morgan fingerprint density at radius 1 is 1.30 bits per heavy atom. The molecule has 1 atom stereocenters. The zero-order valence-corrected chi connectivity index (χ0v) is 18.2. The summed E-state index contributed by atoms with van der Waals surface area (Å²) in [6.07, 6.45) is 3.91. The van der Waals surface area contributed by atoms with Crippen LogP contribution in [-0.4, -0.2) is 82.4 Å². The van der Waals surface area contributed by atoms with Crippen molar-refractivity contribution in [2.45, 2.75) is 32.8 Å². The molecule has 5 rings (SSSR count). The van der Waals surface area contributed by atoms with Gasteiger partial charge in [0.15, 0.2) is 5.65 Å². The number of carbonyl (C=O) groups is 1. The van der Waals surface area contributed by atoms with E-state index in [1.54, 1.807) is 17.7 Å². The minimum atomic E-state index is 0.0710. The van der Waals surface area contributed by atoms with Gasteiger partial charge >= 0.3 is 0 Å². The second-order valence-electron chi connectivity index (χ2n) is 8.07. The van der Waals surface area contributed by atoms with Gasteiger partial charge < -0.3 is 15.0 Å². The van der Waals surface area contributed by atoms with Gasteiger partial charge in [-0.05, 0) is 32.3 Å². The predicted molar refractivity (Wildman–Crippen MR) is 116 cm³/mol. The number of anilines is 1. The molecule has 9 nitrogen and oxygen atoms in total. The summed E-state index contributed by atoms with van der Waals surface area (Å²) >= 11 is 1.71. The van der Waals surface area contributed by atoms with Crippen molar-refractivity contribution in [1.82, 2.24) is 29.8 Å². The molecule has 0 unspecified atom stereocenters. The Hall–Kier alpha value is -2.30. The third-order valence-electron chi connectivity index (χ3n) is 6.10. The van der Waals surface area contributed by atoms with Gasteiger partial charge in [-0.3, -0.25) is 9.69 Å². The Morgan fingerprint density at radius 2 is 2.13 bits per heavy atom. The molecule has 2 fully saturated rings. The molecule has 2 aliphatic rings. The number of carbonyl (C=O) groups excluding carboxylic acids is 1. The molecule has 0 aliphatic carbocycles. The maximum atomic E-state index is 12.3. The minimum absolute atomic E-state index is 0.0710. The maximum Gasteiger partial charge on any atom is 0.234 e. The second kappa shape index (κ2) is 8.09. The number of fused-ring (bicyclic) bond motifs is 3. The lowest BCUT2D eigenvalue weighted by Gasteiger charge is -2.34. The van der Waals surface area contributed by atoms with E-state index in [1.807, 2.05) is 4.52 Å². The molecule has 3 aromatic rings. The number of rotatable bonds is 5. The number of nitrogens with zero attached hydrogens (tertiary/aromatic N) is 6. The van der Waals surface area contributed by atoms with E-state index in [-0.39, 0.29) is 12.0 Å². The van der Waals surface area contributed by atoms with Crippen LogP contribution in [0.1, 0.15) is 23.3 Å². The summed E-state index contributed by atoms with van der Waals surface area (Å²) in [6.45, 7) is 9.32. The van der Waals surface area contributed by atoms with Crippen LogP contribution >= 0.6 is 11.3 Å². The SMILES string of the molecule is Cc1sc2nc(N3CCN(CC(=O)NC[C@@H]4CCCO4)CC3)n3ncnc3c2c1C. The molecule has 5 heterocycles. The number of thiophene rings is 1. The molecule has 0 radical (unpaired) electrons. The molecule has 2 aliphatic heterocycles. The van der Waals surface area contributed by atoms with Crippen LogP contribution in [0, 0.1) is 13.8 Å². The lowest BCUT2D eigenvalue weighted by atomic mass is 10.2. The average Bonchev–Trinajstić information content (AvgIpc) is 3.48. The van der Waals surface area contributed by atoms with Crippen LogP contribution in [0.3, 0.4) is 0 Å². The van der Waals surface area contributed by atoms with Crippen molar-refractivity contribution in [3.63, 3.8) is 0 Å². The Labute approximate surface area is 179 Å². The van der Waals surface area contributed by atoms with Crippen LogP contribution < -0.4 is 10.2 Å². The Kier molecular flexibility index (Phi) is 5.30. The van der Waals surface area contributed by atoms with Crippen LogP contribution in [0.15, 0.2) is 6.33 Å². The van der Waals surface area contributed by atoms with Gasteiger partial charge in [0.2, 0.25) is 11.9 Å². The normalized spacial score (nSPS) is 20.5. The van der Waals surface area contributed by atoms with Crippen LogP contribution in [0.4, 0.5) is 5.95 Å². The number of aromatic nitrogens is 4. The van der Waals surface area contributed by atoms with Crippen molar-refractivity contribution >= 4 is 39.1 Å². The summed E-state index contributed by atoms with van der Waals surface area (Å²) in [5, 5.41) is 8.55. The molecule has 0 bridgehead atoms. The molecular weight excluding hydrogens is 402 g/mol. The first-order chi connectivity index (χ1) is 14.6. The highest BCUT2D eigenvalue weighted by atomic mass is 32.1. The molecule has 0 spiro atoms. The summed E-state index contributed by atoms with van der Waals surface area (Å²) in [6, 6.07) is 0. The van der Waals surface area contributed by atoms with Crippen molar-refractivity contribution in [3.8, 4) is 0 Å². The molecule has 2 saturated heterocycles. The Morgan fingerprint density at radius 3 is 2.90 bits per heavy atom. The van der Waals surface area contributed by atoms with Crippen LogP contribution in [0.5, 0.6) is 0 Å². The lowest BCUT2D eigenvalue weighted by Crippen LogP contribution is -2.50. The third kappa shape index (κ3) is 3.63. The van der Waals surface area contributed by atoms with Crippen molar-refractivity contribution < 1.29 is 9.53 Å². The van der Waals surface area contributed by atoms with Crippen molar-refractivity contribution in [3.05, 3.63) is 16.8 Å². The summed E-state index contributed by atoms with van der Waals surface area (Å²) in [7, 11) is 0. The first-order valence-corrected chi connectivity index (χ1v) is 11.4. The van der Waals surface area contributed by atoms with E-state index in [0.29, 0.717) is 13.1 Å². The molecule has 30 heavy (non-hydrogen) atoms. The second-order valence-corrected chi connectivity index (χ2v) is 9.28. The van der Waals surface area contributed by atoms with Gasteiger partial charge in [-0.25, -0.2) is 9.97 Å². The van der Waals surface area contributed by atoms with E-state index < -0.39 is 0 Å². The molecule has 160 valence electrons. The van der Waals surface area contributed by atoms with Crippen molar-refractivity contribution in [1.29, 1.82) is 0 Å². The Balaban J connectivity index is 1.24. The summed E-state index contributed by atoms with van der Waals surface area (Å²) in [4.78, 5) is 28.4. The monoisotopic (exact) mass is 429 g/mol. The number of hydrogen-bond donors (Lipinski definition) is 1. The van der Waals surface area contributed by atoms with Gasteiger partial charge in [0.25, 0.3) is 0 Å². The van der Waals surface area contributed by atoms with E-state index in [4.69, 9.17) is 9.72 Å². The van der Waals surface area contributed by atoms with Crippen molar-refractivity contribution in [2.24, 2.45) is 0 Å². The van der Waals surface area contributed by atoms with Crippen LogP contribution in [0.2, 0.25) is 0 Å². The third-order valence-corrected chi connectivity index (χ3v) is 7.20. The average molecular weight is 430 g/mol. The first kappa shape index (κ1) is 19.7. The molecule has 1 amide bonds. The molecule has 0 aromatic carbocycles. The minimum Gasteiger partial charge on any atom is -0.376 e. The highest BCUT2D eigenvalue weighted by Crippen LogP contribution is 2.33. The number of aryl methyl sites for hydroxylation is 2. The van der Waals surface area contributed by atoms with Gasteiger partial charge in [0.1, 0.15) is 11.2 Å². The van der Waals surface area contributed by atoms with Gasteiger partial charge in [-0.15, -0.1) is 11.3 Å². The van der Waals surface area contributed by atoms with E-state index in [0.717, 1.165) is 67.4 Å². The molecule has 0 saturated carbocycles. The fourth-order valence-electron chi connectivity index (χ4n) is 4.25. The van der Waals surface area contributed by atoms with E-state index >= 15 is 0 Å². The quantitative estimate of drug-likeness (QED) is 0.655. The molecular formula is C20H27N7O2S. The smallest absolute Gasteiger partial charge is 0.234 e. The molecule has 10 heteroatoms. The number of nitrogens with one attached hydrogen (secondary N) is 1. The van der Waals surface area contributed by atoms with Gasteiger partial charge in [0.05, 0.1) is 18.0 Å².